The molecule has 2 N–H and O–H groups in total. The van der Waals surface area contributed by atoms with Crippen LogP contribution < -0.4 is 10.6 Å². The van der Waals surface area contributed by atoms with Gasteiger partial charge in [0.25, 0.3) is 5.69 Å². The van der Waals surface area contributed by atoms with Crippen LogP contribution in [0.1, 0.15) is 25.8 Å². The second-order valence-corrected chi connectivity index (χ2v) is 4.91. The Morgan fingerprint density at radius 1 is 1.43 bits per heavy atom. The molecule has 0 atom stereocenters. The number of ether oxygens (including phenoxy) is 1. The Kier molecular flexibility index (Phi) is 6.61. The lowest BCUT2D eigenvalue weighted by Gasteiger charge is -2.10. The molecule has 0 aliphatic rings. The van der Waals surface area contributed by atoms with Gasteiger partial charge in [-0.15, -0.1) is 0 Å². The van der Waals surface area contributed by atoms with Crippen molar-refractivity contribution in [2.24, 2.45) is 0 Å². The summed E-state index contributed by atoms with van der Waals surface area (Å²) in [6, 6.07) is 3.96. The van der Waals surface area contributed by atoms with Gasteiger partial charge in [0.1, 0.15) is 0 Å². The number of nitro groups is 1. The smallest absolute Gasteiger partial charge is 0.319 e. The summed E-state index contributed by atoms with van der Waals surface area (Å²) < 4.78 is 5.36. The zero-order valence-electron chi connectivity index (χ0n) is 12.5. The summed E-state index contributed by atoms with van der Waals surface area (Å²) in [6.45, 7) is 6.73. The van der Waals surface area contributed by atoms with Crippen molar-refractivity contribution in [3.63, 3.8) is 0 Å². The third-order valence-corrected chi connectivity index (χ3v) is 2.74. The van der Waals surface area contributed by atoms with E-state index in [9.17, 15) is 14.9 Å². The Bertz CT molecular complexity index is 503. The van der Waals surface area contributed by atoms with Crippen molar-refractivity contribution >= 4 is 17.4 Å². The molecule has 0 aliphatic heterocycles. The summed E-state index contributed by atoms with van der Waals surface area (Å²) in [5.41, 5.74) is 1.14. The lowest BCUT2D eigenvalue weighted by atomic mass is 10.2. The maximum Gasteiger partial charge on any atom is 0.319 e. The molecule has 2 amide bonds. The summed E-state index contributed by atoms with van der Waals surface area (Å²) in [7, 11) is 0. The Hall–Kier alpha value is -2.15. The molecule has 116 valence electrons. The fraction of sp³-hybridized carbons (Fsp3) is 0.500. The molecular formula is C14H21N3O4. The Morgan fingerprint density at radius 3 is 2.76 bits per heavy atom. The number of carbonyl (C=O) groups excluding carboxylic acids is 1. The van der Waals surface area contributed by atoms with Crippen molar-refractivity contribution in [1.29, 1.82) is 0 Å². The highest BCUT2D eigenvalue weighted by molar-refractivity contribution is 5.90. The molecule has 0 unspecified atom stereocenters. The lowest BCUT2D eigenvalue weighted by Crippen LogP contribution is -2.30. The Labute approximate surface area is 123 Å². The number of benzene rings is 1. The van der Waals surface area contributed by atoms with Gasteiger partial charge in [0.15, 0.2) is 0 Å². The van der Waals surface area contributed by atoms with E-state index in [1.807, 2.05) is 13.8 Å². The van der Waals surface area contributed by atoms with Crippen LogP contribution in [0.25, 0.3) is 0 Å². The van der Waals surface area contributed by atoms with Crippen LogP contribution in [0.2, 0.25) is 0 Å². The average Bonchev–Trinajstić information content (AvgIpc) is 2.40. The number of rotatable bonds is 7. The van der Waals surface area contributed by atoms with Crippen molar-refractivity contribution in [2.75, 3.05) is 18.5 Å². The molecular weight excluding hydrogens is 274 g/mol. The maximum absolute atomic E-state index is 11.7. The van der Waals surface area contributed by atoms with E-state index in [1.165, 1.54) is 12.1 Å². The molecule has 0 aromatic heterocycles. The van der Waals surface area contributed by atoms with Crippen LogP contribution in [0.4, 0.5) is 16.2 Å². The molecule has 0 heterocycles. The molecule has 0 saturated carbocycles. The van der Waals surface area contributed by atoms with Crippen molar-refractivity contribution < 1.29 is 14.5 Å². The van der Waals surface area contributed by atoms with Crippen molar-refractivity contribution in [2.45, 2.75) is 33.3 Å². The van der Waals surface area contributed by atoms with E-state index in [4.69, 9.17) is 4.74 Å². The van der Waals surface area contributed by atoms with Crippen LogP contribution in [-0.2, 0) is 4.74 Å². The molecule has 0 spiro atoms. The van der Waals surface area contributed by atoms with E-state index in [0.717, 1.165) is 5.56 Å². The minimum atomic E-state index is -0.494. The van der Waals surface area contributed by atoms with Gasteiger partial charge in [-0.1, -0.05) is 6.07 Å². The normalized spacial score (nSPS) is 10.5. The maximum atomic E-state index is 11.7. The monoisotopic (exact) mass is 295 g/mol. The lowest BCUT2D eigenvalue weighted by molar-refractivity contribution is -0.384. The third kappa shape index (κ3) is 6.22. The largest absolute Gasteiger partial charge is 0.379 e. The second-order valence-electron chi connectivity index (χ2n) is 4.91. The molecule has 1 aromatic rings. The van der Waals surface area contributed by atoms with E-state index in [1.54, 1.807) is 13.0 Å². The van der Waals surface area contributed by atoms with E-state index in [0.29, 0.717) is 25.3 Å². The van der Waals surface area contributed by atoms with Gasteiger partial charge in [-0.3, -0.25) is 10.1 Å². The van der Waals surface area contributed by atoms with E-state index >= 15 is 0 Å². The highest BCUT2D eigenvalue weighted by Crippen LogP contribution is 2.21. The number of nitro benzene ring substituents is 1. The van der Waals surface area contributed by atoms with Crippen molar-refractivity contribution in [3.05, 3.63) is 33.9 Å². The molecule has 0 aliphatic carbocycles. The number of urea groups is 1. The van der Waals surface area contributed by atoms with Gasteiger partial charge in [0.2, 0.25) is 0 Å². The number of carbonyl (C=O) groups is 1. The van der Waals surface area contributed by atoms with Gasteiger partial charge in [0, 0.05) is 25.3 Å². The number of non-ortho nitro benzene ring substituents is 1. The third-order valence-electron chi connectivity index (χ3n) is 2.74. The average molecular weight is 295 g/mol. The first-order valence-electron chi connectivity index (χ1n) is 6.81. The predicted octanol–water partition coefficient (Wildman–Crippen LogP) is 2.84. The minimum absolute atomic E-state index is 0.0544. The molecule has 0 radical (unpaired) electrons. The summed E-state index contributed by atoms with van der Waals surface area (Å²) in [4.78, 5) is 21.9. The van der Waals surface area contributed by atoms with E-state index in [-0.39, 0.29) is 17.8 Å². The summed E-state index contributed by atoms with van der Waals surface area (Å²) in [5, 5.41) is 16.0. The fourth-order valence-corrected chi connectivity index (χ4v) is 1.62. The van der Waals surface area contributed by atoms with Crippen molar-refractivity contribution in [1.82, 2.24) is 5.32 Å². The second kappa shape index (κ2) is 8.21. The van der Waals surface area contributed by atoms with Crippen LogP contribution in [-0.4, -0.2) is 30.2 Å². The van der Waals surface area contributed by atoms with Gasteiger partial charge in [-0.05, 0) is 32.8 Å². The quantitative estimate of drug-likeness (QED) is 0.459. The van der Waals surface area contributed by atoms with Gasteiger partial charge in [-0.25, -0.2) is 4.79 Å². The topological polar surface area (TPSA) is 93.5 Å². The van der Waals surface area contributed by atoms with Gasteiger partial charge in [-0.2, -0.15) is 0 Å². The number of nitrogens with one attached hydrogen (secondary N) is 2. The number of amides is 2. The number of aryl methyl sites for hydroxylation is 1. The fourth-order valence-electron chi connectivity index (χ4n) is 1.62. The Morgan fingerprint density at radius 2 is 2.14 bits per heavy atom. The zero-order valence-corrected chi connectivity index (χ0v) is 12.5. The zero-order chi connectivity index (χ0) is 15.8. The first kappa shape index (κ1) is 16.9. The molecule has 0 bridgehead atoms. The van der Waals surface area contributed by atoms with E-state index < -0.39 is 4.92 Å². The SMILES string of the molecule is Cc1ccc([N+](=O)[O-])cc1NC(=O)NCCCOC(C)C. The van der Waals surface area contributed by atoms with Crippen molar-refractivity contribution in [3.8, 4) is 0 Å². The highest BCUT2D eigenvalue weighted by Gasteiger charge is 2.10. The van der Waals surface area contributed by atoms with Crippen LogP contribution in [0.5, 0.6) is 0 Å². The summed E-state index contributed by atoms with van der Waals surface area (Å²) in [6.07, 6.45) is 0.880. The summed E-state index contributed by atoms with van der Waals surface area (Å²) in [5.74, 6) is 0. The predicted molar refractivity (Wildman–Crippen MR) is 80.6 cm³/mol. The highest BCUT2D eigenvalue weighted by atomic mass is 16.6. The first-order chi connectivity index (χ1) is 9.90. The molecule has 1 rings (SSSR count). The van der Waals surface area contributed by atoms with Gasteiger partial charge >= 0.3 is 6.03 Å². The van der Waals surface area contributed by atoms with Gasteiger partial charge < -0.3 is 15.4 Å². The molecule has 0 fully saturated rings. The van der Waals surface area contributed by atoms with Crippen LogP contribution in [0.3, 0.4) is 0 Å². The number of hydrogen-bond acceptors (Lipinski definition) is 4. The molecule has 7 nitrogen and oxygen atoms in total. The minimum Gasteiger partial charge on any atom is -0.379 e. The Balaban J connectivity index is 2.44. The standard InChI is InChI=1S/C14H21N3O4/c1-10(2)21-8-4-7-15-14(18)16-13-9-12(17(19)20)6-5-11(13)3/h5-6,9-10H,4,7-8H2,1-3H3,(H2,15,16,18). The van der Waals surface area contributed by atoms with Crippen LogP contribution in [0.15, 0.2) is 18.2 Å². The van der Waals surface area contributed by atoms with Crippen LogP contribution >= 0.6 is 0 Å². The number of nitrogens with zero attached hydrogens (tertiary/aromatic N) is 1. The molecule has 1 aromatic carbocycles. The first-order valence-corrected chi connectivity index (χ1v) is 6.81. The summed E-state index contributed by atoms with van der Waals surface area (Å²) >= 11 is 0. The van der Waals surface area contributed by atoms with E-state index in [2.05, 4.69) is 10.6 Å². The molecule has 0 saturated heterocycles. The van der Waals surface area contributed by atoms with Gasteiger partial charge in [0.05, 0.1) is 16.7 Å². The number of hydrogen-bond donors (Lipinski definition) is 2. The molecule has 7 heteroatoms. The number of anilines is 1. The van der Waals surface area contributed by atoms with Crippen LogP contribution in [0, 0.1) is 17.0 Å². The molecule has 21 heavy (non-hydrogen) atoms.